The van der Waals surface area contributed by atoms with Crippen molar-refractivity contribution in [3.63, 3.8) is 0 Å². The summed E-state index contributed by atoms with van der Waals surface area (Å²) in [4.78, 5) is 55.6. The Morgan fingerprint density at radius 2 is 1.51 bits per heavy atom. The van der Waals surface area contributed by atoms with Gasteiger partial charge in [-0.25, -0.2) is 9.36 Å². The second-order valence-electron chi connectivity index (χ2n) is 7.85. The van der Waals surface area contributed by atoms with E-state index in [1.54, 1.807) is 42.5 Å². The zero-order valence-electron chi connectivity index (χ0n) is 18.8. The fraction of sp³-hybridized carbons (Fsp3) is 0.318. The maximum Gasteiger partial charge on any atom is 0.469 e. The normalized spacial score (nSPS) is 14.9. The van der Waals surface area contributed by atoms with Crippen LogP contribution in [0.3, 0.4) is 0 Å². The Morgan fingerprint density at radius 3 is 2.06 bits per heavy atom. The molecule has 35 heavy (non-hydrogen) atoms. The number of hydrogen-bond acceptors (Lipinski definition) is 7. The molecule has 0 heterocycles. The van der Waals surface area contributed by atoms with E-state index in [0.29, 0.717) is 11.1 Å². The summed E-state index contributed by atoms with van der Waals surface area (Å²) in [5.74, 6) is -3.19. The Hall–Kier alpha value is -3.28. The Labute approximate surface area is 201 Å². The number of aliphatic carboxylic acids is 1. The monoisotopic (exact) mass is 509 g/mol. The van der Waals surface area contributed by atoms with Crippen molar-refractivity contribution in [3.05, 3.63) is 65.7 Å². The molecule has 190 valence electrons. The fourth-order valence-electron chi connectivity index (χ4n) is 3.22. The minimum Gasteiger partial charge on any atom is -0.508 e. The summed E-state index contributed by atoms with van der Waals surface area (Å²) in [7, 11) is -5.05. The van der Waals surface area contributed by atoms with E-state index in [0.717, 1.165) is 6.92 Å². The van der Waals surface area contributed by atoms with Gasteiger partial charge in [-0.1, -0.05) is 42.5 Å². The molecule has 2 aromatic rings. The smallest absolute Gasteiger partial charge is 0.469 e. The van der Waals surface area contributed by atoms with Crippen molar-refractivity contribution < 1.29 is 43.5 Å². The minimum atomic E-state index is -5.05. The van der Waals surface area contributed by atoms with Crippen molar-refractivity contribution >= 4 is 25.6 Å². The number of rotatable bonds is 12. The van der Waals surface area contributed by atoms with Gasteiger partial charge >= 0.3 is 13.8 Å². The molecule has 0 saturated carbocycles. The van der Waals surface area contributed by atoms with E-state index in [9.17, 15) is 29.2 Å². The number of phenols is 1. The number of carbonyl (C=O) groups is 3. The number of aromatic hydroxyl groups is 1. The summed E-state index contributed by atoms with van der Waals surface area (Å²) in [5.41, 5.74) is 7.15. The highest BCUT2D eigenvalue weighted by molar-refractivity contribution is 7.46. The van der Waals surface area contributed by atoms with Crippen molar-refractivity contribution in [3.8, 4) is 5.75 Å². The molecule has 2 rings (SSSR count). The standard InChI is InChI=1S/C22H28N3O9P/c1-13(34-35(31,32)33)19(25-20(27)17(23)11-15-7-9-16(26)10-8-15)21(28)24-18(22(29)30)12-14-5-3-2-4-6-14/h2-10,13,17-19,26H,11-12,23H2,1H3,(H,24,28)(H,25,27)(H,29,30)(H2,31,32,33)/t13-,17+,18+,19+/m1/s1. The first-order chi connectivity index (χ1) is 16.4. The number of carboxylic acid groups (broad SMARTS) is 1. The Bertz CT molecular complexity index is 1060. The first-order valence-electron chi connectivity index (χ1n) is 10.5. The van der Waals surface area contributed by atoms with Crippen molar-refractivity contribution in [2.75, 3.05) is 0 Å². The van der Waals surface area contributed by atoms with E-state index < -0.39 is 49.8 Å². The predicted molar refractivity (Wildman–Crippen MR) is 124 cm³/mol. The summed E-state index contributed by atoms with van der Waals surface area (Å²) in [5, 5.41) is 23.5. The van der Waals surface area contributed by atoms with Gasteiger partial charge in [-0.15, -0.1) is 0 Å². The van der Waals surface area contributed by atoms with Gasteiger partial charge in [-0.05, 0) is 36.6 Å². The molecule has 0 bridgehead atoms. The third kappa shape index (κ3) is 9.47. The van der Waals surface area contributed by atoms with Gasteiger partial charge in [0.25, 0.3) is 0 Å². The molecular weight excluding hydrogens is 481 g/mol. The molecule has 0 aliphatic rings. The highest BCUT2D eigenvalue weighted by atomic mass is 31.2. The first-order valence-corrected chi connectivity index (χ1v) is 12.0. The van der Waals surface area contributed by atoms with Gasteiger partial charge in [0, 0.05) is 6.42 Å². The number of carbonyl (C=O) groups excluding carboxylic acids is 2. The lowest BCUT2D eigenvalue weighted by molar-refractivity contribution is -0.142. The van der Waals surface area contributed by atoms with Crippen LogP contribution in [-0.2, 0) is 36.3 Å². The summed E-state index contributed by atoms with van der Waals surface area (Å²) >= 11 is 0. The van der Waals surface area contributed by atoms with Gasteiger partial charge in [0.1, 0.15) is 17.8 Å². The number of phosphoric ester groups is 1. The molecule has 2 aromatic carbocycles. The van der Waals surface area contributed by atoms with Crippen LogP contribution in [0.1, 0.15) is 18.1 Å². The average Bonchev–Trinajstić information content (AvgIpc) is 2.77. The molecule has 0 spiro atoms. The van der Waals surface area contributed by atoms with Crippen LogP contribution in [0.5, 0.6) is 5.75 Å². The van der Waals surface area contributed by atoms with Gasteiger partial charge < -0.3 is 36.4 Å². The molecule has 0 saturated heterocycles. The fourth-order valence-corrected chi connectivity index (χ4v) is 3.78. The zero-order valence-corrected chi connectivity index (χ0v) is 19.7. The van der Waals surface area contributed by atoms with Crippen LogP contribution < -0.4 is 16.4 Å². The van der Waals surface area contributed by atoms with Crippen molar-refractivity contribution in [2.45, 2.75) is 44.0 Å². The minimum absolute atomic E-state index is 0.0235. The predicted octanol–water partition coefficient (Wildman–Crippen LogP) is 0.0567. The highest BCUT2D eigenvalue weighted by Gasteiger charge is 2.35. The maximum atomic E-state index is 12.9. The number of nitrogens with one attached hydrogen (secondary N) is 2. The molecule has 8 N–H and O–H groups in total. The van der Waals surface area contributed by atoms with Crippen LogP contribution in [0, 0.1) is 0 Å². The number of amides is 2. The highest BCUT2D eigenvalue weighted by Crippen LogP contribution is 2.38. The molecular formula is C22H28N3O9P. The molecule has 13 heteroatoms. The van der Waals surface area contributed by atoms with Crippen LogP contribution in [0.15, 0.2) is 54.6 Å². The number of phosphoric acid groups is 1. The Balaban J connectivity index is 2.17. The second-order valence-corrected chi connectivity index (χ2v) is 9.05. The summed E-state index contributed by atoms with van der Waals surface area (Å²) in [6.45, 7) is 1.14. The van der Waals surface area contributed by atoms with E-state index in [4.69, 9.17) is 15.5 Å². The summed E-state index contributed by atoms with van der Waals surface area (Å²) in [6.07, 6.45) is -1.58. The molecule has 0 aromatic heterocycles. The lowest BCUT2D eigenvalue weighted by atomic mass is 10.0. The van der Waals surface area contributed by atoms with Gasteiger partial charge in [0.15, 0.2) is 0 Å². The quantitative estimate of drug-likeness (QED) is 0.191. The number of carboxylic acids is 1. The van der Waals surface area contributed by atoms with Gasteiger partial charge in [-0.3, -0.25) is 14.1 Å². The van der Waals surface area contributed by atoms with Crippen LogP contribution in [0.25, 0.3) is 0 Å². The van der Waals surface area contributed by atoms with Crippen molar-refractivity contribution in [2.24, 2.45) is 5.73 Å². The van der Waals surface area contributed by atoms with Crippen LogP contribution >= 0.6 is 7.82 Å². The van der Waals surface area contributed by atoms with E-state index >= 15 is 0 Å². The van der Waals surface area contributed by atoms with Gasteiger partial charge in [0.2, 0.25) is 11.8 Å². The lowest BCUT2D eigenvalue weighted by Crippen LogP contribution is -2.59. The number of nitrogens with two attached hydrogens (primary N) is 1. The molecule has 0 radical (unpaired) electrons. The Morgan fingerprint density at radius 1 is 0.943 bits per heavy atom. The van der Waals surface area contributed by atoms with Gasteiger partial charge in [-0.2, -0.15) is 0 Å². The third-order valence-electron chi connectivity index (χ3n) is 4.98. The molecule has 0 aliphatic heterocycles. The average molecular weight is 509 g/mol. The van der Waals surface area contributed by atoms with Gasteiger partial charge in [0.05, 0.1) is 12.1 Å². The topological polar surface area (TPSA) is 209 Å². The molecule has 0 unspecified atom stereocenters. The molecule has 0 aliphatic carbocycles. The molecule has 2 amide bonds. The largest absolute Gasteiger partial charge is 0.508 e. The van der Waals surface area contributed by atoms with Crippen LogP contribution in [0.2, 0.25) is 0 Å². The summed E-state index contributed by atoms with van der Waals surface area (Å²) in [6, 6.07) is 10.2. The maximum absolute atomic E-state index is 12.9. The van der Waals surface area contributed by atoms with E-state index in [1.165, 1.54) is 12.1 Å². The third-order valence-corrected chi connectivity index (χ3v) is 5.59. The number of phenolic OH excluding ortho intramolecular Hbond substituents is 1. The van der Waals surface area contributed by atoms with Crippen LogP contribution in [0.4, 0.5) is 0 Å². The molecule has 4 atom stereocenters. The lowest BCUT2D eigenvalue weighted by Gasteiger charge is -2.27. The SMILES string of the molecule is C[C@@H](OP(=O)(O)O)[C@H](NC(=O)[C@@H](N)Cc1ccc(O)cc1)C(=O)N[C@@H](Cc1ccccc1)C(=O)O. The second kappa shape index (κ2) is 12.4. The van der Waals surface area contributed by atoms with E-state index in [2.05, 4.69) is 15.2 Å². The van der Waals surface area contributed by atoms with Crippen LogP contribution in [-0.4, -0.2) is 62.0 Å². The van der Waals surface area contributed by atoms with E-state index in [1.807, 2.05) is 0 Å². The summed E-state index contributed by atoms with van der Waals surface area (Å²) < 4.78 is 15.9. The zero-order chi connectivity index (χ0) is 26.2. The molecule has 0 fully saturated rings. The first kappa shape index (κ1) is 28.0. The number of benzene rings is 2. The molecule has 12 nitrogen and oxygen atoms in total. The Kier molecular flexibility index (Phi) is 9.93. The van der Waals surface area contributed by atoms with Crippen molar-refractivity contribution in [1.82, 2.24) is 10.6 Å². The van der Waals surface area contributed by atoms with E-state index in [-0.39, 0.29) is 18.6 Å². The van der Waals surface area contributed by atoms with Crippen molar-refractivity contribution in [1.29, 1.82) is 0 Å². The number of hydrogen-bond donors (Lipinski definition) is 7.